The third-order valence-electron chi connectivity index (χ3n) is 4.76. The summed E-state index contributed by atoms with van der Waals surface area (Å²) in [7, 11) is -0.891. The van der Waals surface area contributed by atoms with Crippen molar-refractivity contribution in [2.75, 3.05) is 26.4 Å². The molecule has 2 aliphatic heterocycles. The van der Waals surface area contributed by atoms with Gasteiger partial charge in [-0.15, -0.1) is 0 Å². The van der Waals surface area contributed by atoms with Crippen LogP contribution in [0.5, 0.6) is 0 Å². The second kappa shape index (κ2) is 5.13. The molecule has 0 amide bonds. The molecule has 0 saturated carbocycles. The molecule has 0 unspecified atom stereocenters. The van der Waals surface area contributed by atoms with Crippen LogP contribution < -0.4 is 0 Å². The summed E-state index contributed by atoms with van der Waals surface area (Å²) in [6, 6.07) is 2.89. The average Bonchev–Trinajstić information content (AvgIpc) is 2.98. The molecule has 3 rings (SSSR count). The van der Waals surface area contributed by atoms with Crippen LogP contribution in [0.3, 0.4) is 0 Å². The molecule has 0 radical (unpaired) electrons. The lowest BCUT2D eigenvalue weighted by molar-refractivity contribution is 0.155. The van der Waals surface area contributed by atoms with Crippen molar-refractivity contribution < 1.29 is 8.42 Å². The summed E-state index contributed by atoms with van der Waals surface area (Å²) in [4.78, 5) is 2.42. The molecule has 0 aromatic carbocycles. The molecule has 2 aliphatic rings. The molecular formula is C13H22N4O2S. The van der Waals surface area contributed by atoms with Crippen molar-refractivity contribution in [2.24, 2.45) is 5.92 Å². The molecule has 0 aliphatic carbocycles. The van der Waals surface area contributed by atoms with Crippen LogP contribution in [0, 0.1) is 5.92 Å². The molecule has 1 aromatic rings. The summed E-state index contributed by atoms with van der Waals surface area (Å²) in [5.41, 5.74) is 0. The highest BCUT2D eigenvalue weighted by atomic mass is 32.2. The highest BCUT2D eigenvalue weighted by Gasteiger charge is 2.43. The Labute approximate surface area is 120 Å². The summed E-state index contributed by atoms with van der Waals surface area (Å²) >= 11 is 0. The van der Waals surface area contributed by atoms with Gasteiger partial charge in [0.1, 0.15) is 0 Å². The number of likely N-dealkylation sites (tertiary alicyclic amines) is 1. The van der Waals surface area contributed by atoms with Crippen LogP contribution >= 0.6 is 0 Å². The highest BCUT2D eigenvalue weighted by molar-refractivity contribution is 7.88. The minimum absolute atomic E-state index is 0.448. The largest absolute Gasteiger partial charge is 0.298 e. The Morgan fingerprint density at radius 3 is 2.85 bits per heavy atom. The molecule has 0 spiro atoms. The lowest BCUT2D eigenvalue weighted by atomic mass is 9.93. The number of nitrogens with zero attached hydrogens (tertiary/aromatic N) is 4. The van der Waals surface area contributed by atoms with Gasteiger partial charge in [0.05, 0.1) is 12.8 Å². The van der Waals surface area contributed by atoms with Crippen molar-refractivity contribution in [1.82, 2.24) is 19.0 Å². The minimum Gasteiger partial charge on any atom is -0.298 e. The molecule has 7 heteroatoms. The zero-order chi connectivity index (χ0) is 14.3. The van der Waals surface area contributed by atoms with Crippen LogP contribution in [0.1, 0.15) is 12.8 Å². The summed E-state index contributed by atoms with van der Waals surface area (Å²) in [5.74, 6) is 0.448. The summed E-state index contributed by atoms with van der Waals surface area (Å²) in [6.45, 7) is 2.21. The highest BCUT2D eigenvalue weighted by Crippen LogP contribution is 2.35. The third-order valence-corrected chi connectivity index (χ3v) is 6.03. The van der Waals surface area contributed by atoms with E-state index >= 15 is 0 Å². The second-order valence-corrected chi connectivity index (χ2v) is 8.00. The Hall–Kier alpha value is -0.920. The van der Waals surface area contributed by atoms with Crippen molar-refractivity contribution in [2.45, 2.75) is 31.5 Å². The Bertz CT molecular complexity index is 557. The van der Waals surface area contributed by atoms with Crippen LogP contribution in [-0.2, 0) is 16.6 Å². The molecule has 2 saturated heterocycles. The predicted molar refractivity (Wildman–Crippen MR) is 76.7 cm³/mol. The van der Waals surface area contributed by atoms with Gasteiger partial charge in [-0.1, -0.05) is 0 Å². The fourth-order valence-corrected chi connectivity index (χ4v) is 4.57. The van der Waals surface area contributed by atoms with E-state index in [4.69, 9.17) is 0 Å². The van der Waals surface area contributed by atoms with Crippen molar-refractivity contribution >= 4 is 10.0 Å². The van der Waals surface area contributed by atoms with E-state index in [0.717, 1.165) is 19.4 Å². The van der Waals surface area contributed by atoms with Crippen LogP contribution in [0.2, 0.25) is 0 Å². The van der Waals surface area contributed by atoms with Gasteiger partial charge in [0.15, 0.2) is 0 Å². The number of fused-ring (bicyclic) bond motifs is 1. The molecule has 6 nitrogen and oxygen atoms in total. The molecule has 112 valence electrons. The normalized spacial score (nSPS) is 32.4. The Kier molecular flexibility index (Phi) is 3.60. The second-order valence-electron chi connectivity index (χ2n) is 6.02. The average molecular weight is 298 g/mol. The SMILES string of the molecule is CN1[C@@H](Cn2cccn2)C[C@H]2CN(S(C)(=O)=O)CC[C@H]21. The first-order valence-electron chi connectivity index (χ1n) is 7.09. The smallest absolute Gasteiger partial charge is 0.211 e. The zero-order valence-electron chi connectivity index (χ0n) is 12.0. The fourth-order valence-electron chi connectivity index (χ4n) is 3.67. The van der Waals surface area contributed by atoms with Gasteiger partial charge in [-0.2, -0.15) is 5.10 Å². The summed E-state index contributed by atoms with van der Waals surface area (Å²) in [6.07, 6.45) is 7.08. The van der Waals surface area contributed by atoms with E-state index in [0.29, 0.717) is 31.1 Å². The molecule has 20 heavy (non-hydrogen) atoms. The molecular weight excluding hydrogens is 276 g/mol. The Balaban J connectivity index is 1.69. The van der Waals surface area contributed by atoms with E-state index in [1.54, 1.807) is 10.5 Å². The molecule has 0 bridgehead atoms. The molecule has 1 aromatic heterocycles. The van der Waals surface area contributed by atoms with E-state index in [1.807, 2.05) is 16.9 Å². The van der Waals surface area contributed by atoms with Gasteiger partial charge in [0.25, 0.3) is 0 Å². The lowest BCUT2D eigenvalue weighted by Gasteiger charge is -2.36. The summed E-state index contributed by atoms with van der Waals surface area (Å²) < 4.78 is 27.0. The van der Waals surface area contributed by atoms with Crippen molar-refractivity contribution in [3.63, 3.8) is 0 Å². The maximum Gasteiger partial charge on any atom is 0.211 e. The van der Waals surface area contributed by atoms with Crippen LogP contribution in [-0.4, -0.2) is 65.9 Å². The summed E-state index contributed by atoms with van der Waals surface area (Å²) in [5, 5.41) is 4.27. The number of likely N-dealkylation sites (N-methyl/N-ethyl adjacent to an activating group) is 1. The van der Waals surface area contributed by atoms with Crippen LogP contribution in [0.15, 0.2) is 18.5 Å². The fraction of sp³-hybridized carbons (Fsp3) is 0.769. The van der Waals surface area contributed by atoms with Crippen molar-refractivity contribution in [3.05, 3.63) is 18.5 Å². The zero-order valence-corrected chi connectivity index (χ0v) is 12.8. The minimum atomic E-state index is -3.05. The Morgan fingerprint density at radius 2 is 2.20 bits per heavy atom. The van der Waals surface area contributed by atoms with Gasteiger partial charge in [-0.25, -0.2) is 12.7 Å². The van der Waals surface area contributed by atoms with Gasteiger partial charge in [-0.3, -0.25) is 9.58 Å². The van der Waals surface area contributed by atoms with Gasteiger partial charge in [0.2, 0.25) is 10.0 Å². The van der Waals surface area contributed by atoms with E-state index in [9.17, 15) is 8.42 Å². The Morgan fingerprint density at radius 1 is 1.40 bits per heavy atom. The maximum atomic E-state index is 11.7. The van der Waals surface area contributed by atoms with E-state index in [1.165, 1.54) is 6.26 Å². The molecule has 2 fully saturated rings. The molecule has 0 N–H and O–H groups in total. The number of hydrogen-bond donors (Lipinski definition) is 0. The number of piperidine rings is 1. The lowest BCUT2D eigenvalue weighted by Crippen LogP contribution is -2.47. The predicted octanol–water partition coefficient (Wildman–Crippen LogP) is 0.237. The van der Waals surface area contributed by atoms with Gasteiger partial charge in [0, 0.05) is 37.6 Å². The monoisotopic (exact) mass is 298 g/mol. The number of sulfonamides is 1. The molecule has 3 heterocycles. The van der Waals surface area contributed by atoms with Gasteiger partial charge >= 0.3 is 0 Å². The number of rotatable bonds is 3. The topological polar surface area (TPSA) is 58.4 Å². The number of hydrogen-bond acceptors (Lipinski definition) is 4. The third kappa shape index (κ3) is 2.62. The molecule has 3 atom stereocenters. The van der Waals surface area contributed by atoms with E-state index in [-0.39, 0.29) is 0 Å². The first kappa shape index (κ1) is 14.0. The first-order chi connectivity index (χ1) is 9.45. The first-order valence-corrected chi connectivity index (χ1v) is 8.94. The van der Waals surface area contributed by atoms with E-state index in [2.05, 4.69) is 17.0 Å². The van der Waals surface area contributed by atoms with Crippen molar-refractivity contribution in [3.8, 4) is 0 Å². The standard InChI is InChI=1S/C13H22N4O2S/c1-15-12(10-16-6-3-5-14-16)8-11-9-17(20(2,18)19)7-4-13(11)15/h3,5-6,11-13H,4,7-10H2,1-2H3/t11-,12+,13+/m0/s1. The number of aromatic nitrogens is 2. The van der Waals surface area contributed by atoms with Crippen LogP contribution in [0.25, 0.3) is 0 Å². The van der Waals surface area contributed by atoms with Crippen LogP contribution in [0.4, 0.5) is 0 Å². The van der Waals surface area contributed by atoms with Gasteiger partial charge < -0.3 is 0 Å². The van der Waals surface area contributed by atoms with E-state index < -0.39 is 10.0 Å². The van der Waals surface area contributed by atoms with Gasteiger partial charge in [-0.05, 0) is 31.9 Å². The maximum absolute atomic E-state index is 11.7. The quantitative estimate of drug-likeness (QED) is 0.802. The van der Waals surface area contributed by atoms with Crippen molar-refractivity contribution in [1.29, 1.82) is 0 Å².